The van der Waals surface area contributed by atoms with Crippen molar-refractivity contribution in [3.63, 3.8) is 0 Å². The molecule has 0 spiro atoms. The van der Waals surface area contributed by atoms with E-state index in [2.05, 4.69) is 20.6 Å². The zero-order chi connectivity index (χ0) is 13.5. The molecule has 0 saturated carbocycles. The molecule has 0 aliphatic rings. The summed E-state index contributed by atoms with van der Waals surface area (Å²) in [6.45, 7) is 5.45. The zero-order valence-electron chi connectivity index (χ0n) is 11.1. The molecular formula is C11H21N5OS. The predicted molar refractivity (Wildman–Crippen MR) is 77.2 cm³/mol. The van der Waals surface area contributed by atoms with Crippen LogP contribution in [0.1, 0.15) is 20.3 Å². The van der Waals surface area contributed by atoms with Gasteiger partial charge in [0.05, 0.1) is 0 Å². The zero-order valence-corrected chi connectivity index (χ0v) is 11.9. The third kappa shape index (κ3) is 4.87. The molecule has 0 bridgehead atoms. The lowest BCUT2D eigenvalue weighted by molar-refractivity contribution is 0.672. The van der Waals surface area contributed by atoms with E-state index in [1.165, 1.54) is 0 Å². The third-order valence-corrected chi connectivity index (χ3v) is 3.89. The highest BCUT2D eigenvalue weighted by atomic mass is 32.2. The highest BCUT2D eigenvalue weighted by molar-refractivity contribution is 7.84. The van der Waals surface area contributed by atoms with Gasteiger partial charge in [0.1, 0.15) is 11.6 Å². The van der Waals surface area contributed by atoms with Gasteiger partial charge < -0.3 is 16.4 Å². The minimum absolute atomic E-state index is 0.171. The van der Waals surface area contributed by atoms with E-state index in [0.717, 1.165) is 13.0 Å². The number of nitrogens with zero attached hydrogens (tertiary/aromatic N) is 2. The molecule has 0 amide bonds. The first-order chi connectivity index (χ1) is 8.52. The molecule has 0 saturated heterocycles. The lowest BCUT2D eigenvalue weighted by Crippen LogP contribution is -2.16. The Morgan fingerprint density at radius 2 is 2.00 bits per heavy atom. The molecule has 2 unspecified atom stereocenters. The Morgan fingerprint density at radius 3 is 2.56 bits per heavy atom. The summed E-state index contributed by atoms with van der Waals surface area (Å²) in [4.78, 5) is 8.16. The summed E-state index contributed by atoms with van der Waals surface area (Å²) in [5, 5.41) is 6.42. The smallest absolute Gasteiger partial charge is 0.223 e. The monoisotopic (exact) mass is 271 g/mol. The van der Waals surface area contributed by atoms with Gasteiger partial charge in [0.2, 0.25) is 5.95 Å². The van der Waals surface area contributed by atoms with Gasteiger partial charge in [-0.3, -0.25) is 4.21 Å². The van der Waals surface area contributed by atoms with E-state index in [1.807, 2.05) is 19.9 Å². The molecule has 1 heterocycles. The van der Waals surface area contributed by atoms with E-state index < -0.39 is 10.8 Å². The molecule has 0 fully saturated rings. The molecule has 0 radical (unpaired) electrons. The first-order valence-corrected chi connectivity index (χ1v) is 7.59. The fourth-order valence-electron chi connectivity index (χ4n) is 1.40. The van der Waals surface area contributed by atoms with E-state index in [0.29, 0.717) is 18.2 Å². The molecule has 1 rings (SSSR count). The summed E-state index contributed by atoms with van der Waals surface area (Å²) in [5.74, 6) is 1.63. The summed E-state index contributed by atoms with van der Waals surface area (Å²) >= 11 is 0. The maximum atomic E-state index is 11.2. The Balaban J connectivity index is 2.53. The summed E-state index contributed by atoms with van der Waals surface area (Å²) in [7, 11) is -0.790. The van der Waals surface area contributed by atoms with Gasteiger partial charge in [-0.2, -0.15) is 9.97 Å². The number of aromatic nitrogens is 2. The van der Waals surface area contributed by atoms with Gasteiger partial charge in [-0.25, -0.2) is 0 Å². The van der Waals surface area contributed by atoms with Crippen LogP contribution in [0.2, 0.25) is 0 Å². The number of hydrogen-bond acceptors (Lipinski definition) is 6. The Morgan fingerprint density at radius 1 is 1.39 bits per heavy atom. The van der Waals surface area contributed by atoms with Crippen LogP contribution in [0.25, 0.3) is 0 Å². The van der Waals surface area contributed by atoms with Crippen LogP contribution in [0, 0.1) is 0 Å². The molecule has 1 aromatic heterocycles. The molecule has 102 valence electrons. The lowest BCUT2D eigenvalue weighted by atomic mass is 10.3. The fourth-order valence-corrected chi connectivity index (χ4v) is 1.85. The third-order valence-electron chi connectivity index (χ3n) is 2.52. The largest absolute Gasteiger partial charge is 0.370 e. The van der Waals surface area contributed by atoms with Crippen LogP contribution < -0.4 is 16.4 Å². The predicted octanol–water partition coefficient (Wildman–Crippen LogP) is 1.06. The Hall–Kier alpha value is -1.37. The van der Waals surface area contributed by atoms with Crippen LogP contribution in [0.4, 0.5) is 17.6 Å². The van der Waals surface area contributed by atoms with E-state index >= 15 is 0 Å². The second kappa shape index (κ2) is 7.15. The highest BCUT2D eigenvalue weighted by Gasteiger charge is 2.06. The van der Waals surface area contributed by atoms with E-state index in [1.54, 1.807) is 6.26 Å². The van der Waals surface area contributed by atoms with Crippen molar-refractivity contribution in [2.75, 3.05) is 35.7 Å². The first kappa shape index (κ1) is 14.7. The van der Waals surface area contributed by atoms with Crippen LogP contribution >= 0.6 is 0 Å². The molecule has 4 N–H and O–H groups in total. The van der Waals surface area contributed by atoms with Crippen molar-refractivity contribution >= 4 is 28.4 Å². The van der Waals surface area contributed by atoms with Crippen LogP contribution in [-0.2, 0) is 10.8 Å². The number of hydrogen-bond donors (Lipinski definition) is 3. The van der Waals surface area contributed by atoms with Crippen LogP contribution in [0.5, 0.6) is 0 Å². The van der Waals surface area contributed by atoms with E-state index in [-0.39, 0.29) is 11.2 Å². The molecule has 0 aromatic carbocycles. The Bertz CT molecular complexity index is 412. The van der Waals surface area contributed by atoms with Crippen molar-refractivity contribution in [1.29, 1.82) is 0 Å². The molecular weight excluding hydrogens is 250 g/mol. The second-order valence-electron chi connectivity index (χ2n) is 4.05. The molecule has 2 atom stereocenters. The van der Waals surface area contributed by atoms with Gasteiger partial charge in [-0.1, -0.05) is 6.92 Å². The van der Waals surface area contributed by atoms with Crippen molar-refractivity contribution in [2.24, 2.45) is 0 Å². The van der Waals surface area contributed by atoms with Crippen molar-refractivity contribution in [2.45, 2.75) is 25.5 Å². The summed E-state index contributed by atoms with van der Waals surface area (Å²) in [6, 6.07) is 1.81. The Labute approximate surface area is 110 Å². The first-order valence-electron chi connectivity index (χ1n) is 5.97. The minimum Gasteiger partial charge on any atom is -0.370 e. The molecule has 0 aliphatic heterocycles. The summed E-state index contributed by atoms with van der Waals surface area (Å²) in [6.07, 6.45) is 2.54. The van der Waals surface area contributed by atoms with Gasteiger partial charge in [0.25, 0.3) is 0 Å². The van der Waals surface area contributed by atoms with Gasteiger partial charge in [0.15, 0.2) is 0 Å². The number of rotatable bonds is 7. The molecule has 18 heavy (non-hydrogen) atoms. The minimum atomic E-state index is -0.790. The SMILES string of the molecule is CCNc1cc(NCCC(C)S(C)=O)nc(N)n1. The normalized spacial score (nSPS) is 13.9. The van der Waals surface area contributed by atoms with E-state index in [4.69, 9.17) is 5.73 Å². The van der Waals surface area contributed by atoms with Crippen LogP contribution in [0.15, 0.2) is 6.07 Å². The maximum Gasteiger partial charge on any atom is 0.223 e. The average Bonchev–Trinajstić information content (AvgIpc) is 2.28. The van der Waals surface area contributed by atoms with Crippen molar-refractivity contribution in [1.82, 2.24) is 9.97 Å². The number of nitrogens with one attached hydrogen (secondary N) is 2. The van der Waals surface area contributed by atoms with Crippen LogP contribution in [0.3, 0.4) is 0 Å². The molecule has 6 nitrogen and oxygen atoms in total. The number of nitrogens with two attached hydrogens (primary N) is 1. The summed E-state index contributed by atoms with van der Waals surface area (Å²) < 4.78 is 11.2. The lowest BCUT2D eigenvalue weighted by Gasteiger charge is -2.11. The van der Waals surface area contributed by atoms with Gasteiger partial charge in [-0.15, -0.1) is 0 Å². The van der Waals surface area contributed by atoms with Gasteiger partial charge in [0, 0.05) is 41.5 Å². The molecule has 1 aromatic rings. The fraction of sp³-hybridized carbons (Fsp3) is 0.636. The van der Waals surface area contributed by atoms with Gasteiger partial charge in [-0.05, 0) is 13.3 Å². The highest BCUT2D eigenvalue weighted by Crippen LogP contribution is 2.12. The topological polar surface area (TPSA) is 92.9 Å². The molecule has 7 heteroatoms. The van der Waals surface area contributed by atoms with E-state index in [9.17, 15) is 4.21 Å². The van der Waals surface area contributed by atoms with Crippen molar-refractivity contribution < 1.29 is 4.21 Å². The number of anilines is 3. The second-order valence-corrected chi connectivity index (χ2v) is 5.85. The average molecular weight is 271 g/mol. The standard InChI is InChI=1S/C11H21N5OS/c1-4-13-9-7-10(16-11(12)15-9)14-6-5-8(2)18(3)17/h7-8H,4-6H2,1-3H3,(H4,12,13,14,15,16). The number of nitrogen functional groups attached to an aromatic ring is 1. The summed E-state index contributed by atoms with van der Waals surface area (Å²) in [5.41, 5.74) is 5.62. The van der Waals surface area contributed by atoms with Gasteiger partial charge >= 0.3 is 0 Å². The van der Waals surface area contributed by atoms with Crippen LogP contribution in [-0.4, -0.2) is 38.8 Å². The quantitative estimate of drug-likeness (QED) is 0.686. The Kier molecular flexibility index (Phi) is 5.84. The van der Waals surface area contributed by atoms with Crippen molar-refractivity contribution in [3.8, 4) is 0 Å². The molecule has 0 aliphatic carbocycles. The van der Waals surface area contributed by atoms with Crippen molar-refractivity contribution in [3.05, 3.63) is 6.07 Å². The maximum absolute atomic E-state index is 11.2.